The predicted octanol–water partition coefficient (Wildman–Crippen LogP) is 1.66. The molecule has 1 atom stereocenters. The molecule has 0 spiro atoms. The van der Waals surface area contributed by atoms with Crippen LogP contribution in [0.1, 0.15) is 26.7 Å². The molecule has 60 valence electrons. The Morgan fingerprint density at radius 2 is 2.20 bits per heavy atom. The quantitative estimate of drug-likeness (QED) is 0.563. The zero-order valence-corrected chi connectivity index (χ0v) is 7.20. The van der Waals surface area contributed by atoms with Crippen LogP contribution in [0.3, 0.4) is 0 Å². The van der Waals surface area contributed by atoms with Gasteiger partial charge in [-0.25, -0.2) is 0 Å². The first-order valence-electron chi connectivity index (χ1n) is 3.85. The zero-order chi connectivity index (χ0) is 7.98. The van der Waals surface area contributed by atoms with Crippen molar-refractivity contribution in [2.75, 3.05) is 13.6 Å². The van der Waals surface area contributed by atoms with E-state index in [4.69, 9.17) is 5.41 Å². The van der Waals surface area contributed by atoms with Crippen LogP contribution < -0.4 is 5.32 Å². The van der Waals surface area contributed by atoms with Gasteiger partial charge in [0.25, 0.3) is 0 Å². The standard InChI is InChI=1S/C8H18N2/c1-7(6-10-3)4-5-8(2)9/h7,9-10H,4-6H2,1-3H3/t7-/m0/s1. The van der Waals surface area contributed by atoms with Crippen molar-refractivity contribution < 1.29 is 0 Å². The highest BCUT2D eigenvalue weighted by molar-refractivity contribution is 5.78. The van der Waals surface area contributed by atoms with Gasteiger partial charge in [-0.15, -0.1) is 0 Å². The van der Waals surface area contributed by atoms with Crippen molar-refractivity contribution in [3.8, 4) is 0 Å². The fraction of sp³-hybridized carbons (Fsp3) is 0.875. The molecule has 0 amide bonds. The number of nitrogens with one attached hydrogen (secondary N) is 2. The fourth-order valence-corrected chi connectivity index (χ4v) is 0.913. The summed E-state index contributed by atoms with van der Waals surface area (Å²) in [6.45, 7) is 5.14. The summed E-state index contributed by atoms with van der Waals surface area (Å²) in [5, 5.41) is 10.3. The van der Waals surface area contributed by atoms with Crippen molar-refractivity contribution in [1.82, 2.24) is 5.32 Å². The number of hydrogen-bond acceptors (Lipinski definition) is 2. The van der Waals surface area contributed by atoms with Crippen molar-refractivity contribution in [3.63, 3.8) is 0 Å². The van der Waals surface area contributed by atoms with Gasteiger partial charge in [0.1, 0.15) is 0 Å². The molecule has 2 heteroatoms. The average Bonchev–Trinajstić information content (AvgIpc) is 1.85. The third-order valence-corrected chi connectivity index (χ3v) is 1.56. The Balaban J connectivity index is 3.21. The van der Waals surface area contributed by atoms with Crippen molar-refractivity contribution in [2.24, 2.45) is 5.92 Å². The molecule has 0 aliphatic carbocycles. The van der Waals surface area contributed by atoms with Crippen LogP contribution in [0.2, 0.25) is 0 Å². The van der Waals surface area contributed by atoms with E-state index in [0.29, 0.717) is 5.92 Å². The lowest BCUT2D eigenvalue weighted by atomic mass is 10.0. The van der Waals surface area contributed by atoms with Gasteiger partial charge in [-0.1, -0.05) is 6.92 Å². The minimum Gasteiger partial charge on any atom is -0.319 e. The average molecular weight is 142 g/mol. The highest BCUT2D eigenvalue weighted by Gasteiger charge is 1.99. The largest absolute Gasteiger partial charge is 0.319 e. The Hall–Kier alpha value is -0.370. The Labute approximate surface area is 63.5 Å². The van der Waals surface area contributed by atoms with Crippen molar-refractivity contribution >= 4 is 5.71 Å². The minimum atomic E-state index is 0.699. The summed E-state index contributed by atoms with van der Waals surface area (Å²) in [4.78, 5) is 0. The van der Waals surface area contributed by atoms with Crippen LogP contribution in [0, 0.1) is 11.3 Å². The van der Waals surface area contributed by atoms with E-state index < -0.39 is 0 Å². The van der Waals surface area contributed by atoms with Crippen molar-refractivity contribution in [2.45, 2.75) is 26.7 Å². The van der Waals surface area contributed by atoms with Crippen LogP contribution in [0.15, 0.2) is 0 Å². The minimum absolute atomic E-state index is 0.699. The summed E-state index contributed by atoms with van der Waals surface area (Å²) in [7, 11) is 1.97. The SMILES string of the molecule is CNC[C@@H](C)CCC(C)=N. The third kappa shape index (κ3) is 5.76. The normalized spacial score (nSPS) is 13.1. The summed E-state index contributed by atoms with van der Waals surface area (Å²) in [5.74, 6) is 0.699. The van der Waals surface area contributed by atoms with Crippen LogP contribution in [0.4, 0.5) is 0 Å². The summed E-state index contributed by atoms with van der Waals surface area (Å²) >= 11 is 0. The second-order valence-corrected chi connectivity index (χ2v) is 2.98. The first-order valence-corrected chi connectivity index (χ1v) is 3.85. The Morgan fingerprint density at radius 1 is 1.60 bits per heavy atom. The predicted molar refractivity (Wildman–Crippen MR) is 45.7 cm³/mol. The molecule has 0 unspecified atom stereocenters. The molecule has 0 aromatic heterocycles. The van der Waals surface area contributed by atoms with Gasteiger partial charge in [0.15, 0.2) is 0 Å². The van der Waals surface area contributed by atoms with Crippen molar-refractivity contribution in [3.05, 3.63) is 0 Å². The van der Waals surface area contributed by atoms with E-state index in [2.05, 4.69) is 12.2 Å². The van der Waals surface area contributed by atoms with Gasteiger partial charge in [0.05, 0.1) is 0 Å². The van der Waals surface area contributed by atoms with E-state index in [1.54, 1.807) is 0 Å². The summed E-state index contributed by atoms with van der Waals surface area (Å²) in [5.41, 5.74) is 0.794. The van der Waals surface area contributed by atoms with Gasteiger partial charge in [-0.3, -0.25) is 0 Å². The maximum absolute atomic E-state index is 7.20. The molecule has 0 aliphatic rings. The van der Waals surface area contributed by atoms with Gasteiger partial charge in [-0.05, 0) is 39.3 Å². The first kappa shape index (κ1) is 9.63. The molecule has 0 saturated heterocycles. The van der Waals surface area contributed by atoms with Gasteiger partial charge < -0.3 is 10.7 Å². The third-order valence-electron chi connectivity index (χ3n) is 1.56. The second-order valence-electron chi connectivity index (χ2n) is 2.98. The molecule has 0 radical (unpaired) electrons. The van der Waals surface area contributed by atoms with E-state index >= 15 is 0 Å². The molecule has 0 bridgehead atoms. The summed E-state index contributed by atoms with van der Waals surface area (Å²) < 4.78 is 0. The maximum Gasteiger partial charge on any atom is 0.00583 e. The highest BCUT2D eigenvalue weighted by Crippen LogP contribution is 2.03. The van der Waals surface area contributed by atoms with Gasteiger partial charge >= 0.3 is 0 Å². The molecule has 2 N–H and O–H groups in total. The Kier molecular flexibility index (Phi) is 5.22. The van der Waals surface area contributed by atoms with Crippen LogP contribution in [-0.4, -0.2) is 19.3 Å². The molecule has 0 aromatic rings. The van der Waals surface area contributed by atoms with Crippen molar-refractivity contribution in [1.29, 1.82) is 5.41 Å². The van der Waals surface area contributed by atoms with E-state index in [1.807, 2.05) is 14.0 Å². The van der Waals surface area contributed by atoms with Gasteiger partial charge in [-0.2, -0.15) is 0 Å². The van der Waals surface area contributed by atoms with E-state index in [1.165, 1.54) is 0 Å². The molecule has 0 rings (SSSR count). The Bertz CT molecular complexity index is 99.4. The second kappa shape index (κ2) is 5.42. The highest BCUT2D eigenvalue weighted by atomic mass is 14.8. The molecular weight excluding hydrogens is 124 g/mol. The molecular formula is C8H18N2. The molecule has 0 aromatic carbocycles. The lowest BCUT2D eigenvalue weighted by Gasteiger charge is -2.08. The smallest absolute Gasteiger partial charge is 0.00583 e. The van der Waals surface area contributed by atoms with E-state index in [0.717, 1.165) is 25.1 Å². The molecule has 10 heavy (non-hydrogen) atoms. The Morgan fingerprint density at radius 3 is 2.60 bits per heavy atom. The lowest BCUT2D eigenvalue weighted by Crippen LogP contribution is -2.16. The van der Waals surface area contributed by atoms with Crippen LogP contribution in [-0.2, 0) is 0 Å². The van der Waals surface area contributed by atoms with Crippen LogP contribution in [0.25, 0.3) is 0 Å². The topological polar surface area (TPSA) is 35.9 Å². The molecule has 2 nitrogen and oxygen atoms in total. The van der Waals surface area contributed by atoms with Gasteiger partial charge in [0.2, 0.25) is 0 Å². The summed E-state index contributed by atoms with van der Waals surface area (Å²) in [6, 6.07) is 0. The molecule has 0 saturated carbocycles. The maximum atomic E-state index is 7.20. The zero-order valence-electron chi connectivity index (χ0n) is 7.20. The van der Waals surface area contributed by atoms with Crippen LogP contribution in [0.5, 0.6) is 0 Å². The summed E-state index contributed by atoms with van der Waals surface area (Å²) in [6.07, 6.45) is 2.08. The lowest BCUT2D eigenvalue weighted by molar-refractivity contribution is 0.514. The van der Waals surface area contributed by atoms with E-state index in [-0.39, 0.29) is 0 Å². The monoisotopic (exact) mass is 142 g/mol. The van der Waals surface area contributed by atoms with Crippen LogP contribution >= 0.6 is 0 Å². The molecule has 0 heterocycles. The fourth-order valence-electron chi connectivity index (χ4n) is 0.913. The number of hydrogen-bond donors (Lipinski definition) is 2. The first-order chi connectivity index (χ1) is 4.66. The number of rotatable bonds is 5. The van der Waals surface area contributed by atoms with E-state index in [9.17, 15) is 0 Å². The molecule has 0 fully saturated rings. The molecule has 0 aliphatic heterocycles. The van der Waals surface area contributed by atoms with Gasteiger partial charge in [0, 0.05) is 5.71 Å².